The predicted molar refractivity (Wildman–Crippen MR) is 65.0 cm³/mol. The maximum Gasteiger partial charge on any atom is 0.417 e. The zero-order chi connectivity index (χ0) is 15.6. The van der Waals surface area contributed by atoms with Gasteiger partial charge in [0.25, 0.3) is 0 Å². The quantitative estimate of drug-likeness (QED) is 0.873. The van der Waals surface area contributed by atoms with Gasteiger partial charge in [-0.15, -0.1) is 0 Å². The van der Waals surface area contributed by atoms with Crippen molar-refractivity contribution in [3.05, 3.63) is 29.3 Å². The fraction of sp³-hybridized carbons (Fsp3) is 0.364. The van der Waals surface area contributed by atoms with E-state index in [0.29, 0.717) is 12.1 Å². The van der Waals surface area contributed by atoms with E-state index in [-0.39, 0.29) is 6.54 Å². The molecule has 1 atom stereocenters. The lowest BCUT2D eigenvalue weighted by atomic mass is 10.1. The molecule has 0 aliphatic heterocycles. The number of nitrogens with one attached hydrogen (secondary N) is 1. The highest BCUT2D eigenvalue weighted by molar-refractivity contribution is 7.89. The number of nitriles is 1. The second-order valence-corrected chi connectivity index (χ2v) is 5.79. The fourth-order valence-electron chi connectivity index (χ4n) is 1.41. The number of rotatable bonds is 4. The summed E-state index contributed by atoms with van der Waals surface area (Å²) in [4.78, 5) is -0.414. The molecular weight excluding hydrogens is 295 g/mol. The molecule has 3 N–H and O–H groups in total. The monoisotopic (exact) mass is 307 g/mol. The Morgan fingerprint density at radius 2 is 2.05 bits per heavy atom. The maximum atomic E-state index is 12.6. The third-order valence-electron chi connectivity index (χ3n) is 2.44. The average Bonchev–Trinajstić information content (AvgIpc) is 2.36. The number of nitrogens with two attached hydrogens (primary N) is 1. The van der Waals surface area contributed by atoms with Crippen LogP contribution in [0.15, 0.2) is 23.1 Å². The second-order valence-electron chi connectivity index (χ2n) is 4.07. The SMILES string of the molecule is C[C@@H](CN)NS(=O)(=O)c1ccc(C(F)(F)F)c(C#N)c1. The lowest BCUT2D eigenvalue weighted by molar-refractivity contribution is -0.137. The maximum absolute atomic E-state index is 12.6. The van der Waals surface area contributed by atoms with Crippen LogP contribution in [0.4, 0.5) is 13.2 Å². The van der Waals surface area contributed by atoms with Crippen molar-refractivity contribution in [2.24, 2.45) is 5.73 Å². The van der Waals surface area contributed by atoms with Crippen molar-refractivity contribution in [3.63, 3.8) is 0 Å². The Labute approximate surface area is 114 Å². The number of alkyl halides is 3. The van der Waals surface area contributed by atoms with Crippen LogP contribution in [-0.4, -0.2) is 21.0 Å². The molecule has 5 nitrogen and oxygen atoms in total. The van der Waals surface area contributed by atoms with E-state index >= 15 is 0 Å². The number of sulfonamides is 1. The largest absolute Gasteiger partial charge is 0.417 e. The normalized spacial score (nSPS) is 13.8. The molecule has 1 rings (SSSR count). The van der Waals surface area contributed by atoms with Gasteiger partial charge in [-0.05, 0) is 25.1 Å². The summed E-state index contributed by atoms with van der Waals surface area (Å²) in [6.45, 7) is 1.54. The second kappa shape index (κ2) is 5.78. The number of hydrogen-bond acceptors (Lipinski definition) is 4. The number of halogens is 3. The first kappa shape index (κ1) is 16.4. The summed E-state index contributed by atoms with van der Waals surface area (Å²) in [7, 11) is -4.01. The van der Waals surface area contributed by atoms with Crippen molar-refractivity contribution in [1.29, 1.82) is 5.26 Å². The molecule has 9 heteroatoms. The molecule has 0 spiro atoms. The summed E-state index contributed by atoms with van der Waals surface area (Å²) in [6.07, 6.45) is -4.72. The van der Waals surface area contributed by atoms with Crippen LogP contribution in [0.1, 0.15) is 18.1 Å². The van der Waals surface area contributed by atoms with Gasteiger partial charge in [0.15, 0.2) is 0 Å². The minimum atomic E-state index is -4.72. The van der Waals surface area contributed by atoms with Crippen LogP contribution in [0.25, 0.3) is 0 Å². The molecule has 0 saturated heterocycles. The van der Waals surface area contributed by atoms with Gasteiger partial charge in [0.1, 0.15) is 0 Å². The van der Waals surface area contributed by atoms with Crippen molar-refractivity contribution in [1.82, 2.24) is 4.72 Å². The minimum absolute atomic E-state index is 0.0327. The molecule has 0 aromatic heterocycles. The minimum Gasteiger partial charge on any atom is -0.329 e. The highest BCUT2D eigenvalue weighted by Crippen LogP contribution is 2.32. The Hall–Kier alpha value is -1.63. The first-order valence-electron chi connectivity index (χ1n) is 5.45. The zero-order valence-electron chi connectivity index (χ0n) is 10.4. The molecule has 0 radical (unpaired) electrons. The summed E-state index contributed by atoms with van der Waals surface area (Å²) in [5.41, 5.74) is 3.34. The van der Waals surface area contributed by atoms with Crippen molar-refractivity contribution in [2.45, 2.75) is 24.0 Å². The van der Waals surface area contributed by atoms with Crippen molar-refractivity contribution < 1.29 is 21.6 Å². The Balaban J connectivity index is 3.28. The van der Waals surface area contributed by atoms with Crippen LogP contribution in [0, 0.1) is 11.3 Å². The molecule has 0 saturated carbocycles. The molecule has 0 heterocycles. The van der Waals surface area contributed by atoms with E-state index in [0.717, 1.165) is 6.07 Å². The Morgan fingerprint density at radius 1 is 1.45 bits per heavy atom. The number of hydrogen-bond donors (Lipinski definition) is 2. The van der Waals surface area contributed by atoms with Gasteiger partial charge in [-0.25, -0.2) is 13.1 Å². The smallest absolute Gasteiger partial charge is 0.329 e. The van der Waals surface area contributed by atoms with E-state index in [1.54, 1.807) is 0 Å². The Morgan fingerprint density at radius 3 is 2.50 bits per heavy atom. The molecule has 0 aliphatic carbocycles. The van der Waals surface area contributed by atoms with Gasteiger partial charge in [0.05, 0.1) is 22.1 Å². The van der Waals surface area contributed by atoms with Gasteiger partial charge in [-0.1, -0.05) is 0 Å². The molecular formula is C11H12F3N3O2S. The zero-order valence-corrected chi connectivity index (χ0v) is 11.2. The van der Waals surface area contributed by atoms with Crippen molar-refractivity contribution in [2.75, 3.05) is 6.54 Å². The molecule has 0 bridgehead atoms. The average molecular weight is 307 g/mol. The van der Waals surface area contributed by atoms with Gasteiger partial charge in [0, 0.05) is 12.6 Å². The van der Waals surface area contributed by atoms with Crippen LogP contribution >= 0.6 is 0 Å². The molecule has 0 fully saturated rings. The Kier molecular flexibility index (Phi) is 4.75. The first-order chi connectivity index (χ1) is 9.11. The lowest BCUT2D eigenvalue weighted by Gasteiger charge is -2.14. The number of nitrogens with zero attached hydrogens (tertiary/aromatic N) is 1. The van der Waals surface area contributed by atoms with Crippen LogP contribution in [0.5, 0.6) is 0 Å². The van der Waals surface area contributed by atoms with Crippen molar-refractivity contribution in [3.8, 4) is 6.07 Å². The van der Waals surface area contributed by atoms with Crippen molar-refractivity contribution >= 4 is 10.0 Å². The predicted octanol–water partition coefficient (Wildman–Crippen LogP) is 1.20. The summed E-state index contributed by atoms with van der Waals surface area (Å²) < 4.78 is 63.7. The molecule has 1 aromatic rings. The van der Waals surface area contributed by atoms with Crippen LogP contribution in [0.3, 0.4) is 0 Å². The molecule has 0 amide bonds. The molecule has 0 unspecified atom stereocenters. The summed E-state index contributed by atoms with van der Waals surface area (Å²) in [5, 5.41) is 8.71. The van der Waals surface area contributed by atoms with E-state index in [2.05, 4.69) is 4.72 Å². The van der Waals surface area contributed by atoms with Gasteiger partial charge in [-0.2, -0.15) is 18.4 Å². The summed E-state index contributed by atoms with van der Waals surface area (Å²) in [5.74, 6) is 0. The lowest BCUT2D eigenvalue weighted by Crippen LogP contribution is -2.37. The summed E-state index contributed by atoms with van der Waals surface area (Å²) >= 11 is 0. The molecule has 110 valence electrons. The van der Waals surface area contributed by atoms with Crippen LogP contribution in [-0.2, 0) is 16.2 Å². The third kappa shape index (κ3) is 3.69. The van der Waals surface area contributed by atoms with E-state index in [1.165, 1.54) is 13.0 Å². The molecule has 0 aliphatic rings. The van der Waals surface area contributed by atoms with Gasteiger partial charge in [-0.3, -0.25) is 0 Å². The topological polar surface area (TPSA) is 96.0 Å². The van der Waals surface area contributed by atoms with Crippen LogP contribution in [0.2, 0.25) is 0 Å². The van der Waals surface area contributed by atoms with E-state index in [1.807, 2.05) is 0 Å². The highest BCUT2D eigenvalue weighted by Gasteiger charge is 2.34. The van der Waals surface area contributed by atoms with E-state index in [4.69, 9.17) is 11.0 Å². The van der Waals surface area contributed by atoms with E-state index < -0.39 is 38.3 Å². The fourth-order valence-corrected chi connectivity index (χ4v) is 2.69. The van der Waals surface area contributed by atoms with Gasteiger partial charge < -0.3 is 5.73 Å². The van der Waals surface area contributed by atoms with Crippen LogP contribution < -0.4 is 10.5 Å². The number of benzene rings is 1. The third-order valence-corrected chi connectivity index (χ3v) is 4.02. The van der Waals surface area contributed by atoms with Gasteiger partial charge >= 0.3 is 6.18 Å². The Bertz CT molecular complexity index is 635. The standard InChI is InChI=1S/C11H12F3N3O2S/c1-7(5-15)17-20(18,19)9-2-3-10(11(12,13)14)8(4-9)6-16/h2-4,7,17H,5,15H2,1H3/t7-/m0/s1. The first-order valence-corrected chi connectivity index (χ1v) is 6.94. The summed E-state index contributed by atoms with van der Waals surface area (Å²) in [6, 6.07) is 2.83. The molecule has 1 aromatic carbocycles. The molecule has 20 heavy (non-hydrogen) atoms. The highest BCUT2D eigenvalue weighted by atomic mass is 32.2. The van der Waals surface area contributed by atoms with E-state index in [9.17, 15) is 21.6 Å². The van der Waals surface area contributed by atoms with Gasteiger partial charge in [0.2, 0.25) is 10.0 Å².